The maximum absolute atomic E-state index is 12.5. The van der Waals surface area contributed by atoms with Gasteiger partial charge in [0, 0.05) is 17.8 Å². The van der Waals surface area contributed by atoms with Crippen molar-refractivity contribution in [3.8, 4) is 0 Å². The van der Waals surface area contributed by atoms with Crippen molar-refractivity contribution in [2.45, 2.75) is 39.2 Å². The summed E-state index contributed by atoms with van der Waals surface area (Å²) in [6.07, 6.45) is 1.13. The van der Waals surface area contributed by atoms with Gasteiger partial charge in [0.25, 0.3) is 6.43 Å². The van der Waals surface area contributed by atoms with Gasteiger partial charge in [0.05, 0.1) is 0 Å². The molecule has 21 heavy (non-hydrogen) atoms. The summed E-state index contributed by atoms with van der Waals surface area (Å²) in [6.45, 7) is 2.83. The minimum absolute atomic E-state index is 0.0685. The lowest BCUT2D eigenvalue weighted by atomic mass is 10.1. The zero-order valence-electron chi connectivity index (χ0n) is 12.3. The van der Waals surface area contributed by atoms with Gasteiger partial charge < -0.3 is 5.32 Å². The summed E-state index contributed by atoms with van der Waals surface area (Å²) >= 11 is 0. The molecular formula is C18H21F2N. The zero-order valence-corrected chi connectivity index (χ0v) is 12.3. The minimum atomic E-state index is -2.40. The molecule has 3 heteroatoms. The Kier molecular flexibility index (Phi) is 5.73. The van der Waals surface area contributed by atoms with Crippen LogP contribution in [0.15, 0.2) is 48.5 Å². The molecule has 112 valence electrons. The molecule has 0 saturated heterocycles. The molecule has 0 aromatic heterocycles. The quantitative estimate of drug-likeness (QED) is 0.701. The van der Waals surface area contributed by atoms with Crippen molar-refractivity contribution >= 4 is 5.69 Å². The Balaban J connectivity index is 1.87. The number of nitrogens with one attached hydrogen (secondary N) is 1. The molecule has 0 spiro atoms. The van der Waals surface area contributed by atoms with Crippen LogP contribution in [-0.4, -0.2) is 0 Å². The second-order valence-corrected chi connectivity index (χ2v) is 5.20. The third kappa shape index (κ3) is 4.85. The normalized spacial score (nSPS) is 10.9. The predicted octanol–water partition coefficient (Wildman–Crippen LogP) is 5.58. The Bertz CT molecular complexity index is 532. The van der Waals surface area contributed by atoms with E-state index in [1.165, 1.54) is 30.5 Å². The zero-order chi connectivity index (χ0) is 15.1. The van der Waals surface area contributed by atoms with E-state index < -0.39 is 6.43 Å². The Hall–Kier alpha value is -1.90. The maximum atomic E-state index is 12.5. The van der Waals surface area contributed by atoms with Crippen LogP contribution in [0.2, 0.25) is 0 Å². The van der Waals surface area contributed by atoms with Gasteiger partial charge in [-0.25, -0.2) is 8.78 Å². The van der Waals surface area contributed by atoms with Crippen LogP contribution >= 0.6 is 0 Å². The van der Waals surface area contributed by atoms with Gasteiger partial charge in [-0.1, -0.05) is 49.7 Å². The summed E-state index contributed by atoms with van der Waals surface area (Å²) in [5, 5.41) is 3.31. The van der Waals surface area contributed by atoms with E-state index >= 15 is 0 Å². The number of hydrogen-bond acceptors (Lipinski definition) is 1. The summed E-state index contributed by atoms with van der Waals surface area (Å²) in [5.74, 6) is 0. The van der Waals surface area contributed by atoms with E-state index in [0.29, 0.717) is 6.54 Å². The second kappa shape index (κ2) is 7.77. The molecular weight excluding hydrogens is 268 g/mol. The first-order valence-electron chi connectivity index (χ1n) is 7.39. The number of rotatable bonds is 7. The number of aryl methyl sites for hydroxylation is 1. The summed E-state index contributed by atoms with van der Waals surface area (Å²) in [7, 11) is 0. The van der Waals surface area contributed by atoms with Crippen LogP contribution in [0.3, 0.4) is 0 Å². The van der Waals surface area contributed by atoms with Gasteiger partial charge in [-0.2, -0.15) is 0 Å². The van der Waals surface area contributed by atoms with Crippen LogP contribution in [0, 0.1) is 0 Å². The van der Waals surface area contributed by atoms with E-state index in [1.807, 2.05) is 0 Å². The molecule has 1 N–H and O–H groups in total. The number of anilines is 1. The lowest BCUT2D eigenvalue weighted by molar-refractivity contribution is 0.151. The average molecular weight is 289 g/mol. The molecule has 0 aliphatic carbocycles. The van der Waals surface area contributed by atoms with Gasteiger partial charge in [-0.15, -0.1) is 0 Å². The molecule has 0 fully saturated rings. The molecule has 0 aliphatic rings. The Morgan fingerprint density at radius 1 is 0.905 bits per heavy atom. The monoisotopic (exact) mass is 289 g/mol. The predicted molar refractivity (Wildman–Crippen MR) is 83.8 cm³/mol. The van der Waals surface area contributed by atoms with Crippen molar-refractivity contribution < 1.29 is 8.78 Å². The summed E-state index contributed by atoms with van der Waals surface area (Å²) < 4.78 is 24.9. The van der Waals surface area contributed by atoms with E-state index in [1.54, 1.807) is 12.1 Å². The molecule has 0 saturated carbocycles. The lowest BCUT2D eigenvalue weighted by Crippen LogP contribution is -1.99. The molecule has 0 heterocycles. The highest BCUT2D eigenvalue weighted by atomic mass is 19.3. The molecule has 0 aliphatic heterocycles. The van der Waals surface area contributed by atoms with Crippen molar-refractivity contribution in [2.75, 3.05) is 5.32 Å². The first-order valence-corrected chi connectivity index (χ1v) is 7.39. The van der Waals surface area contributed by atoms with Crippen LogP contribution in [0.1, 0.15) is 42.9 Å². The van der Waals surface area contributed by atoms with Crippen LogP contribution in [0.4, 0.5) is 14.5 Å². The van der Waals surface area contributed by atoms with Crippen molar-refractivity contribution in [2.24, 2.45) is 0 Å². The largest absolute Gasteiger partial charge is 0.381 e. The molecule has 0 unspecified atom stereocenters. The Labute approximate surface area is 125 Å². The van der Waals surface area contributed by atoms with Crippen molar-refractivity contribution in [3.63, 3.8) is 0 Å². The minimum Gasteiger partial charge on any atom is -0.381 e. The average Bonchev–Trinajstić information content (AvgIpc) is 2.52. The van der Waals surface area contributed by atoms with E-state index in [4.69, 9.17) is 0 Å². The van der Waals surface area contributed by atoms with Crippen LogP contribution < -0.4 is 5.32 Å². The van der Waals surface area contributed by atoms with E-state index in [0.717, 1.165) is 17.7 Å². The number of hydrogen-bond donors (Lipinski definition) is 1. The number of unbranched alkanes of at least 4 members (excludes halogenated alkanes) is 1. The third-order valence-corrected chi connectivity index (χ3v) is 3.50. The molecule has 2 aromatic carbocycles. The highest BCUT2D eigenvalue weighted by Crippen LogP contribution is 2.19. The fourth-order valence-electron chi connectivity index (χ4n) is 2.16. The lowest BCUT2D eigenvalue weighted by Gasteiger charge is -2.08. The maximum Gasteiger partial charge on any atom is 0.263 e. The Morgan fingerprint density at radius 3 is 2.10 bits per heavy atom. The molecule has 0 radical (unpaired) electrons. The van der Waals surface area contributed by atoms with Crippen LogP contribution in [0.25, 0.3) is 0 Å². The molecule has 0 atom stereocenters. The van der Waals surface area contributed by atoms with Gasteiger partial charge in [0.2, 0.25) is 0 Å². The third-order valence-electron chi connectivity index (χ3n) is 3.50. The molecule has 0 bridgehead atoms. The van der Waals surface area contributed by atoms with Crippen LogP contribution in [0.5, 0.6) is 0 Å². The molecule has 2 rings (SSSR count). The van der Waals surface area contributed by atoms with Gasteiger partial charge >= 0.3 is 0 Å². The molecule has 2 aromatic rings. The van der Waals surface area contributed by atoms with Gasteiger partial charge in [0.15, 0.2) is 0 Å². The fraction of sp³-hybridized carbons (Fsp3) is 0.333. The summed E-state index contributed by atoms with van der Waals surface area (Å²) in [6, 6.07) is 14.9. The number of benzene rings is 2. The highest BCUT2D eigenvalue weighted by Gasteiger charge is 2.05. The van der Waals surface area contributed by atoms with Gasteiger partial charge in [-0.05, 0) is 36.1 Å². The molecule has 0 amide bonds. The van der Waals surface area contributed by atoms with Crippen molar-refractivity contribution in [3.05, 3.63) is 65.2 Å². The fourth-order valence-corrected chi connectivity index (χ4v) is 2.16. The van der Waals surface area contributed by atoms with E-state index in [2.05, 4.69) is 36.5 Å². The highest BCUT2D eigenvalue weighted by molar-refractivity contribution is 5.45. The smallest absolute Gasteiger partial charge is 0.263 e. The first-order chi connectivity index (χ1) is 10.2. The number of alkyl halides is 2. The van der Waals surface area contributed by atoms with Gasteiger partial charge in [-0.3, -0.25) is 0 Å². The molecule has 1 nitrogen and oxygen atoms in total. The van der Waals surface area contributed by atoms with E-state index in [9.17, 15) is 8.78 Å². The summed E-state index contributed by atoms with van der Waals surface area (Å²) in [4.78, 5) is 0. The second-order valence-electron chi connectivity index (χ2n) is 5.20. The standard InChI is InChI=1S/C18H21F2N/c1-2-3-4-14-7-11-17(12-8-14)21-13-15-5-9-16(10-6-15)18(19)20/h5-12,18,21H,2-4,13H2,1H3. The first kappa shape index (κ1) is 15.5. The van der Waals surface area contributed by atoms with Crippen molar-refractivity contribution in [1.29, 1.82) is 0 Å². The van der Waals surface area contributed by atoms with Gasteiger partial charge in [0.1, 0.15) is 0 Å². The number of halogens is 2. The Morgan fingerprint density at radius 2 is 1.52 bits per heavy atom. The van der Waals surface area contributed by atoms with Crippen molar-refractivity contribution in [1.82, 2.24) is 0 Å². The summed E-state index contributed by atoms with van der Waals surface area (Å²) in [5.41, 5.74) is 3.46. The SMILES string of the molecule is CCCCc1ccc(NCc2ccc(C(F)F)cc2)cc1. The van der Waals surface area contributed by atoms with Crippen LogP contribution in [-0.2, 0) is 13.0 Å². The topological polar surface area (TPSA) is 12.0 Å². The van der Waals surface area contributed by atoms with E-state index in [-0.39, 0.29) is 5.56 Å².